The zero-order valence-electron chi connectivity index (χ0n) is 11.4. The van der Waals surface area contributed by atoms with Crippen molar-refractivity contribution in [3.05, 3.63) is 46.5 Å². The van der Waals surface area contributed by atoms with Crippen LogP contribution >= 0.6 is 0 Å². The number of ether oxygens (including phenoxy) is 1. The highest BCUT2D eigenvalue weighted by Crippen LogP contribution is 2.33. The molecule has 7 nitrogen and oxygen atoms in total. The van der Waals surface area contributed by atoms with Crippen LogP contribution in [-0.2, 0) is 0 Å². The molecule has 0 aliphatic carbocycles. The van der Waals surface area contributed by atoms with E-state index in [9.17, 15) is 14.5 Å². The predicted molar refractivity (Wildman–Crippen MR) is 74.1 cm³/mol. The van der Waals surface area contributed by atoms with Crippen LogP contribution in [0.2, 0.25) is 0 Å². The van der Waals surface area contributed by atoms with Gasteiger partial charge >= 0.3 is 5.69 Å². The normalized spacial score (nSPS) is 10.5. The first-order valence-corrected chi connectivity index (χ1v) is 6.16. The van der Waals surface area contributed by atoms with E-state index in [2.05, 4.69) is 15.3 Å². The number of para-hydroxylation sites is 1. The summed E-state index contributed by atoms with van der Waals surface area (Å²) in [6.07, 6.45) is 0.827. The van der Waals surface area contributed by atoms with Crippen molar-refractivity contribution in [3.8, 4) is 5.88 Å². The molecule has 21 heavy (non-hydrogen) atoms. The van der Waals surface area contributed by atoms with E-state index in [0.29, 0.717) is 0 Å². The van der Waals surface area contributed by atoms with Crippen molar-refractivity contribution in [2.24, 2.45) is 0 Å². The number of aromatic nitrogens is 2. The molecule has 0 saturated heterocycles. The fourth-order valence-corrected chi connectivity index (χ4v) is 1.62. The van der Waals surface area contributed by atoms with Crippen LogP contribution < -0.4 is 10.1 Å². The zero-order valence-corrected chi connectivity index (χ0v) is 11.4. The number of hydrogen-bond acceptors (Lipinski definition) is 6. The number of nitrogens with zero attached hydrogens (tertiary/aromatic N) is 3. The van der Waals surface area contributed by atoms with Crippen molar-refractivity contribution in [2.45, 2.75) is 20.0 Å². The van der Waals surface area contributed by atoms with Crippen LogP contribution in [0.1, 0.15) is 13.8 Å². The molecule has 2 aromatic rings. The summed E-state index contributed by atoms with van der Waals surface area (Å²) < 4.78 is 18.9. The van der Waals surface area contributed by atoms with Crippen LogP contribution in [0.5, 0.6) is 5.88 Å². The fourth-order valence-electron chi connectivity index (χ4n) is 1.62. The van der Waals surface area contributed by atoms with Gasteiger partial charge in [0.2, 0.25) is 5.82 Å². The van der Waals surface area contributed by atoms with Crippen LogP contribution in [0.15, 0.2) is 30.6 Å². The molecule has 0 saturated carbocycles. The van der Waals surface area contributed by atoms with Gasteiger partial charge in [-0.15, -0.1) is 0 Å². The van der Waals surface area contributed by atoms with Crippen LogP contribution in [0.3, 0.4) is 0 Å². The summed E-state index contributed by atoms with van der Waals surface area (Å²) in [6.45, 7) is 3.44. The van der Waals surface area contributed by atoms with Crippen molar-refractivity contribution >= 4 is 17.2 Å². The molecule has 8 heteroatoms. The Labute approximate surface area is 120 Å². The molecule has 1 aromatic carbocycles. The highest BCUT2D eigenvalue weighted by molar-refractivity contribution is 5.68. The van der Waals surface area contributed by atoms with E-state index in [1.165, 1.54) is 18.2 Å². The Morgan fingerprint density at radius 3 is 2.67 bits per heavy atom. The van der Waals surface area contributed by atoms with Crippen molar-refractivity contribution in [1.82, 2.24) is 9.97 Å². The zero-order chi connectivity index (χ0) is 15.4. The minimum Gasteiger partial charge on any atom is -0.470 e. The van der Waals surface area contributed by atoms with Crippen LogP contribution in [-0.4, -0.2) is 21.0 Å². The molecule has 0 radical (unpaired) electrons. The van der Waals surface area contributed by atoms with Crippen molar-refractivity contribution < 1.29 is 14.1 Å². The minimum atomic E-state index is -0.666. The summed E-state index contributed by atoms with van der Waals surface area (Å²) in [7, 11) is 0. The third-order valence-corrected chi connectivity index (χ3v) is 2.45. The second-order valence-electron chi connectivity index (χ2n) is 4.40. The van der Waals surface area contributed by atoms with Gasteiger partial charge in [-0.05, 0) is 26.0 Å². The lowest BCUT2D eigenvalue weighted by atomic mass is 10.3. The number of nitro groups is 1. The van der Waals surface area contributed by atoms with E-state index in [-0.39, 0.29) is 23.5 Å². The molecule has 0 bridgehead atoms. The number of rotatable bonds is 5. The highest BCUT2D eigenvalue weighted by Gasteiger charge is 2.25. The molecule has 1 aromatic heterocycles. The SMILES string of the molecule is CC(C)Oc1ncnc(Nc2ccccc2F)c1[N+](=O)[O-]. The first-order chi connectivity index (χ1) is 9.99. The number of nitrogens with one attached hydrogen (secondary N) is 1. The van der Waals surface area contributed by atoms with E-state index < -0.39 is 16.4 Å². The third kappa shape index (κ3) is 3.41. The summed E-state index contributed by atoms with van der Waals surface area (Å²) in [4.78, 5) is 18.1. The van der Waals surface area contributed by atoms with Crippen LogP contribution in [0, 0.1) is 15.9 Å². The second kappa shape index (κ2) is 6.12. The lowest BCUT2D eigenvalue weighted by Crippen LogP contribution is -2.11. The number of halogens is 1. The molecule has 1 heterocycles. The van der Waals surface area contributed by atoms with Gasteiger partial charge in [0.15, 0.2) is 0 Å². The van der Waals surface area contributed by atoms with E-state index in [0.717, 1.165) is 6.33 Å². The van der Waals surface area contributed by atoms with E-state index >= 15 is 0 Å². The molecule has 0 aliphatic heterocycles. The van der Waals surface area contributed by atoms with Gasteiger partial charge in [-0.3, -0.25) is 10.1 Å². The molecule has 0 spiro atoms. The molecule has 1 N–H and O–H groups in total. The number of benzene rings is 1. The Balaban J connectivity index is 2.44. The predicted octanol–water partition coefficient (Wildman–Crippen LogP) is 3.05. The molecule has 2 rings (SSSR count). The first kappa shape index (κ1) is 14.6. The summed E-state index contributed by atoms with van der Waals surface area (Å²) in [6, 6.07) is 5.80. The quantitative estimate of drug-likeness (QED) is 0.672. The van der Waals surface area contributed by atoms with Crippen molar-refractivity contribution in [2.75, 3.05) is 5.32 Å². The summed E-state index contributed by atoms with van der Waals surface area (Å²) in [5.41, 5.74) is -0.357. The minimum absolute atomic E-state index is 0.0785. The Morgan fingerprint density at radius 2 is 2.05 bits per heavy atom. The lowest BCUT2D eigenvalue weighted by molar-refractivity contribution is -0.385. The van der Waals surface area contributed by atoms with Gasteiger partial charge in [-0.2, -0.15) is 4.98 Å². The molecule has 0 unspecified atom stereocenters. The lowest BCUT2D eigenvalue weighted by Gasteiger charge is -2.11. The van der Waals surface area contributed by atoms with Crippen LogP contribution in [0.25, 0.3) is 0 Å². The van der Waals surface area contributed by atoms with Crippen LogP contribution in [0.4, 0.5) is 21.6 Å². The van der Waals surface area contributed by atoms with Gasteiger partial charge in [0.25, 0.3) is 5.88 Å². The Kier molecular flexibility index (Phi) is 4.27. The Bertz CT molecular complexity index is 664. The summed E-state index contributed by atoms with van der Waals surface area (Å²) in [5, 5.41) is 13.8. The van der Waals surface area contributed by atoms with E-state index in [4.69, 9.17) is 4.74 Å². The van der Waals surface area contributed by atoms with Gasteiger partial charge < -0.3 is 10.1 Å². The summed E-state index contributed by atoms with van der Waals surface area (Å²) >= 11 is 0. The maximum atomic E-state index is 13.6. The molecule has 0 amide bonds. The van der Waals surface area contributed by atoms with Gasteiger partial charge in [0.05, 0.1) is 16.7 Å². The number of anilines is 2. The van der Waals surface area contributed by atoms with Gasteiger partial charge in [-0.1, -0.05) is 12.1 Å². The van der Waals surface area contributed by atoms with Crippen molar-refractivity contribution in [3.63, 3.8) is 0 Å². The third-order valence-electron chi connectivity index (χ3n) is 2.45. The average Bonchev–Trinajstić information content (AvgIpc) is 2.40. The van der Waals surface area contributed by atoms with Gasteiger partial charge in [-0.25, -0.2) is 9.37 Å². The monoisotopic (exact) mass is 292 g/mol. The molecule has 0 aliphatic rings. The van der Waals surface area contributed by atoms with E-state index in [1.807, 2.05) is 0 Å². The fraction of sp³-hybridized carbons (Fsp3) is 0.231. The molecular formula is C13H13FN4O3. The molecule has 110 valence electrons. The van der Waals surface area contributed by atoms with Gasteiger partial charge in [0, 0.05) is 0 Å². The Hall–Kier alpha value is -2.77. The Morgan fingerprint density at radius 1 is 1.33 bits per heavy atom. The largest absolute Gasteiger partial charge is 0.470 e. The average molecular weight is 292 g/mol. The maximum Gasteiger partial charge on any atom is 0.373 e. The van der Waals surface area contributed by atoms with E-state index in [1.54, 1.807) is 19.9 Å². The second-order valence-corrected chi connectivity index (χ2v) is 4.40. The maximum absolute atomic E-state index is 13.6. The highest BCUT2D eigenvalue weighted by atomic mass is 19.1. The molecular weight excluding hydrogens is 279 g/mol. The molecule has 0 fully saturated rings. The molecule has 0 atom stereocenters. The number of hydrogen-bond donors (Lipinski definition) is 1. The summed E-state index contributed by atoms with van der Waals surface area (Å²) in [5.74, 6) is -0.837. The smallest absolute Gasteiger partial charge is 0.373 e. The topological polar surface area (TPSA) is 90.2 Å². The first-order valence-electron chi connectivity index (χ1n) is 6.16. The van der Waals surface area contributed by atoms with Gasteiger partial charge in [0.1, 0.15) is 12.1 Å². The standard InChI is InChI=1S/C13H13FN4O3/c1-8(2)21-13-11(18(19)20)12(15-7-16-13)17-10-6-4-3-5-9(10)14/h3-8H,1-2H3,(H,15,16,17). The van der Waals surface area contributed by atoms with Crippen molar-refractivity contribution in [1.29, 1.82) is 0 Å².